The molecular formula is C19H24N2O3. The summed E-state index contributed by atoms with van der Waals surface area (Å²) in [6.45, 7) is 3.55. The molecule has 1 aliphatic heterocycles. The Hall–Kier alpha value is -1.98. The number of ether oxygens (including phenoxy) is 2. The summed E-state index contributed by atoms with van der Waals surface area (Å²) in [5.74, 6) is 0.551. The maximum Gasteiger partial charge on any atom is 0.272 e. The third-order valence-electron chi connectivity index (χ3n) is 4.50. The summed E-state index contributed by atoms with van der Waals surface area (Å²) in [6.07, 6.45) is 1.96. The average Bonchev–Trinajstić information content (AvgIpc) is 2.65. The van der Waals surface area contributed by atoms with Gasteiger partial charge in [-0.25, -0.2) is 4.98 Å². The first-order chi connectivity index (χ1) is 11.8. The largest absolute Gasteiger partial charge is 0.382 e. The summed E-state index contributed by atoms with van der Waals surface area (Å²) in [7, 11) is 1.67. The number of aromatic nitrogens is 1. The first kappa shape index (κ1) is 16.9. The Morgan fingerprint density at radius 2 is 1.96 bits per heavy atom. The Balaban J connectivity index is 1.54. The molecule has 0 bridgehead atoms. The number of amides is 1. The van der Waals surface area contributed by atoms with Gasteiger partial charge in [-0.1, -0.05) is 24.3 Å². The fraction of sp³-hybridized carbons (Fsp3) is 0.474. The van der Waals surface area contributed by atoms with Crippen molar-refractivity contribution in [1.29, 1.82) is 0 Å². The Kier molecular flexibility index (Phi) is 5.77. The lowest BCUT2D eigenvalue weighted by molar-refractivity contribution is 0.0326. The van der Waals surface area contributed by atoms with Crippen molar-refractivity contribution in [1.82, 2.24) is 9.88 Å². The molecule has 0 unspecified atom stereocenters. The van der Waals surface area contributed by atoms with Crippen LogP contribution in [0.25, 0.3) is 10.9 Å². The molecule has 0 radical (unpaired) electrons. The van der Waals surface area contributed by atoms with E-state index >= 15 is 0 Å². The lowest BCUT2D eigenvalue weighted by Gasteiger charge is -2.31. The molecule has 0 atom stereocenters. The summed E-state index contributed by atoms with van der Waals surface area (Å²) in [6, 6.07) is 11.7. The molecule has 2 aromatic rings. The van der Waals surface area contributed by atoms with Crippen LogP contribution in [0.15, 0.2) is 36.4 Å². The normalized spacial score (nSPS) is 15.8. The monoisotopic (exact) mass is 328 g/mol. The summed E-state index contributed by atoms with van der Waals surface area (Å²) in [5.41, 5.74) is 1.40. The van der Waals surface area contributed by atoms with Crippen molar-refractivity contribution in [2.45, 2.75) is 12.8 Å². The molecule has 5 heteroatoms. The third kappa shape index (κ3) is 4.10. The third-order valence-corrected chi connectivity index (χ3v) is 4.50. The molecule has 128 valence electrons. The quantitative estimate of drug-likeness (QED) is 0.765. The van der Waals surface area contributed by atoms with Crippen LogP contribution in [-0.4, -0.2) is 55.8 Å². The van der Waals surface area contributed by atoms with Gasteiger partial charge in [-0.05, 0) is 30.9 Å². The van der Waals surface area contributed by atoms with Gasteiger partial charge >= 0.3 is 0 Å². The van der Waals surface area contributed by atoms with Crippen LogP contribution < -0.4 is 0 Å². The molecule has 1 saturated heterocycles. The van der Waals surface area contributed by atoms with Gasteiger partial charge in [0.15, 0.2) is 0 Å². The predicted octanol–water partition coefficient (Wildman–Crippen LogP) is 2.75. The van der Waals surface area contributed by atoms with Gasteiger partial charge in [0.25, 0.3) is 5.91 Å². The molecule has 5 nitrogen and oxygen atoms in total. The zero-order chi connectivity index (χ0) is 16.8. The number of carbonyl (C=O) groups is 1. The maximum absolute atomic E-state index is 12.7. The Labute approximate surface area is 142 Å². The van der Waals surface area contributed by atoms with Crippen LogP contribution in [0.4, 0.5) is 0 Å². The number of pyridine rings is 1. The summed E-state index contributed by atoms with van der Waals surface area (Å²) in [4.78, 5) is 19.1. The van der Waals surface area contributed by atoms with Gasteiger partial charge in [-0.3, -0.25) is 4.79 Å². The smallest absolute Gasteiger partial charge is 0.272 e. The number of likely N-dealkylation sites (tertiary alicyclic amines) is 1. The fourth-order valence-corrected chi connectivity index (χ4v) is 3.04. The molecule has 1 fully saturated rings. The van der Waals surface area contributed by atoms with Gasteiger partial charge in [-0.2, -0.15) is 0 Å². The molecule has 0 saturated carbocycles. The molecule has 0 aliphatic carbocycles. The second kappa shape index (κ2) is 8.22. The van der Waals surface area contributed by atoms with E-state index in [9.17, 15) is 4.79 Å². The van der Waals surface area contributed by atoms with Gasteiger partial charge in [0.2, 0.25) is 0 Å². The highest BCUT2D eigenvalue weighted by Gasteiger charge is 2.24. The van der Waals surface area contributed by atoms with Gasteiger partial charge in [0.05, 0.1) is 18.7 Å². The van der Waals surface area contributed by atoms with E-state index in [-0.39, 0.29) is 5.91 Å². The second-order valence-corrected chi connectivity index (χ2v) is 6.19. The van der Waals surface area contributed by atoms with E-state index in [1.54, 1.807) is 7.11 Å². The molecule has 1 aromatic heterocycles. The minimum atomic E-state index is 0.0273. The molecular weight excluding hydrogens is 304 g/mol. The lowest BCUT2D eigenvalue weighted by atomic mass is 9.97. The molecule has 24 heavy (non-hydrogen) atoms. The van der Waals surface area contributed by atoms with Gasteiger partial charge in [-0.15, -0.1) is 0 Å². The van der Waals surface area contributed by atoms with Crippen molar-refractivity contribution < 1.29 is 14.3 Å². The Morgan fingerprint density at radius 3 is 2.75 bits per heavy atom. The average molecular weight is 328 g/mol. The van der Waals surface area contributed by atoms with E-state index in [2.05, 4.69) is 4.98 Å². The van der Waals surface area contributed by atoms with Crippen molar-refractivity contribution in [3.63, 3.8) is 0 Å². The van der Waals surface area contributed by atoms with Crippen molar-refractivity contribution in [2.24, 2.45) is 5.92 Å². The van der Waals surface area contributed by atoms with E-state index in [1.165, 1.54) is 0 Å². The Bertz CT molecular complexity index is 681. The van der Waals surface area contributed by atoms with Crippen LogP contribution in [-0.2, 0) is 9.47 Å². The highest BCUT2D eigenvalue weighted by molar-refractivity contribution is 5.94. The second-order valence-electron chi connectivity index (χ2n) is 6.19. The van der Waals surface area contributed by atoms with E-state index < -0.39 is 0 Å². The zero-order valence-electron chi connectivity index (χ0n) is 14.1. The molecule has 1 amide bonds. The maximum atomic E-state index is 12.7. The van der Waals surface area contributed by atoms with Crippen molar-refractivity contribution in [3.8, 4) is 0 Å². The molecule has 0 spiro atoms. The highest BCUT2D eigenvalue weighted by Crippen LogP contribution is 2.20. The number of benzene rings is 1. The van der Waals surface area contributed by atoms with Crippen LogP contribution in [0.5, 0.6) is 0 Å². The van der Waals surface area contributed by atoms with Gasteiger partial charge in [0, 0.05) is 32.2 Å². The molecule has 2 heterocycles. The topological polar surface area (TPSA) is 51.7 Å². The van der Waals surface area contributed by atoms with Gasteiger partial charge < -0.3 is 14.4 Å². The van der Waals surface area contributed by atoms with Crippen molar-refractivity contribution in [2.75, 3.05) is 40.0 Å². The van der Waals surface area contributed by atoms with Crippen LogP contribution in [0.3, 0.4) is 0 Å². The lowest BCUT2D eigenvalue weighted by Crippen LogP contribution is -2.39. The number of fused-ring (bicyclic) bond motifs is 1. The van der Waals surface area contributed by atoms with E-state index in [0.29, 0.717) is 24.8 Å². The molecule has 0 N–H and O–H groups in total. The summed E-state index contributed by atoms with van der Waals surface area (Å²) < 4.78 is 10.6. The first-order valence-corrected chi connectivity index (χ1v) is 8.49. The number of nitrogens with zero attached hydrogens (tertiary/aromatic N) is 2. The number of rotatable bonds is 6. The van der Waals surface area contributed by atoms with E-state index in [4.69, 9.17) is 9.47 Å². The Morgan fingerprint density at radius 1 is 1.17 bits per heavy atom. The standard InChI is InChI=1S/C19H24N2O3/c1-23-12-13-24-14-15-8-10-21(11-9-15)19(22)18-7-6-16-4-2-3-5-17(16)20-18/h2-7,15H,8-14H2,1H3. The van der Waals surface area contributed by atoms with E-state index in [1.807, 2.05) is 41.3 Å². The number of hydrogen-bond donors (Lipinski definition) is 0. The van der Waals surface area contributed by atoms with Crippen LogP contribution in [0.1, 0.15) is 23.3 Å². The number of piperidine rings is 1. The van der Waals surface area contributed by atoms with Crippen LogP contribution in [0, 0.1) is 5.92 Å². The van der Waals surface area contributed by atoms with Crippen LogP contribution >= 0.6 is 0 Å². The predicted molar refractivity (Wildman–Crippen MR) is 93.1 cm³/mol. The zero-order valence-corrected chi connectivity index (χ0v) is 14.1. The van der Waals surface area contributed by atoms with E-state index in [0.717, 1.165) is 43.4 Å². The molecule has 3 rings (SSSR count). The summed E-state index contributed by atoms with van der Waals surface area (Å²) >= 11 is 0. The van der Waals surface area contributed by atoms with Gasteiger partial charge in [0.1, 0.15) is 5.69 Å². The van der Waals surface area contributed by atoms with Crippen LogP contribution in [0.2, 0.25) is 0 Å². The van der Waals surface area contributed by atoms with Crippen molar-refractivity contribution in [3.05, 3.63) is 42.1 Å². The fourth-order valence-electron chi connectivity index (χ4n) is 3.04. The van der Waals surface area contributed by atoms with Crippen molar-refractivity contribution >= 4 is 16.8 Å². The molecule has 1 aliphatic rings. The number of hydrogen-bond acceptors (Lipinski definition) is 4. The highest BCUT2D eigenvalue weighted by atomic mass is 16.5. The summed E-state index contributed by atoms with van der Waals surface area (Å²) in [5, 5.41) is 1.06. The SMILES string of the molecule is COCCOCC1CCN(C(=O)c2ccc3ccccc3n2)CC1. The molecule has 1 aromatic carbocycles. The number of para-hydroxylation sites is 1. The minimum absolute atomic E-state index is 0.0273. The number of carbonyl (C=O) groups excluding carboxylic acids is 1. The number of methoxy groups -OCH3 is 1. The first-order valence-electron chi connectivity index (χ1n) is 8.49. The minimum Gasteiger partial charge on any atom is -0.382 e.